The Morgan fingerprint density at radius 1 is 1.04 bits per heavy atom. The van der Waals surface area contributed by atoms with Gasteiger partial charge in [-0.1, -0.05) is 42.1 Å². The summed E-state index contributed by atoms with van der Waals surface area (Å²) in [4.78, 5) is 13.8. The van der Waals surface area contributed by atoms with Gasteiger partial charge in [0.25, 0.3) is 0 Å². The molecule has 1 atom stereocenters. The van der Waals surface area contributed by atoms with Gasteiger partial charge in [-0.3, -0.25) is 4.79 Å². The van der Waals surface area contributed by atoms with Crippen molar-refractivity contribution in [1.82, 2.24) is 0 Å². The van der Waals surface area contributed by atoms with Crippen molar-refractivity contribution < 1.29 is 14.6 Å². The second-order valence-electron chi connectivity index (χ2n) is 5.49. The van der Waals surface area contributed by atoms with Gasteiger partial charge in [0.1, 0.15) is 11.5 Å². The number of carbonyl (C=O) groups is 1. The minimum absolute atomic E-state index is 0.00317. The molecule has 1 aliphatic carbocycles. The third kappa shape index (κ3) is 3.59. The molecule has 0 aromatic heterocycles. The SMILES string of the molecule is COc1ccc(SC2=C(O)CC(c3ccccc3)CC2=O)cc1. The number of carbonyl (C=O) groups excluding carboxylic acids is 1. The maximum atomic E-state index is 12.5. The molecule has 2 aromatic rings. The van der Waals surface area contributed by atoms with Gasteiger partial charge in [0, 0.05) is 17.7 Å². The van der Waals surface area contributed by atoms with Gasteiger partial charge in [-0.15, -0.1) is 0 Å². The molecule has 0 amide bonds. The van der Waals surface area contributed by atoms with Crippen molar-refractivity contribution in [3.05, 3.63) is 70.8 Å². The van der Waals surface area contributed by atoms with Crippen LogP contribution in [0.1, 0.15) is 24.3 Å². The van der Waals surface area contributed by atoms with E-state index in [0.29, 0.717) is 17.7 Å². The van der Waals surface area contributed by atoms with Gasteiger partial charge in [-0.2, -0.15) is 0 Å². The van der Waals surface area contributed by atoms with Crippen LogP contribution >= 0.6 is 11.8 Å². The Hall–Kier alpha value is -2.20. The van der Waals surface area contributed by atoms with Gasteiger partial charge in [-0.25, -0.2) is 0 Å². The number of aliphatic hydroxyl groups is 1. The molecule has 23 heavy (non-hydrogen) atoms. The van der Waals surface area contributed by atoms with E-state index in [1.165, 1.54) is 11.8 Å². The molecule has 0 fully saturated rings. The van der Waals surface area contributed by atoms with Gasteiger partial charge in [0.05, 0.1) is 12.0 Å². The molecule has 0 aliphatic heterocycles. The Balaban J connectivity index is 1.78. The highest BCUT2D eigenvalue weighted by Crippen LogP contribution is 2.40. The first kappa shape index (κ1) is 15.7. The lowest BCUT2D eigenvalue weighted by atomic mass is 9.86. The van der Waals surface area contributed by atoms with Crippen LogP contribution in [0.2, 0.25) is 0 Å². The standard InChI is InChI=1S/C19H18O3S/c1-22-15-7-9-16(10-8-15)23-19-17(20)11-14(12-18(19)21)13-5-3-2-4-6-13/h2-10,14,20H,11-12H2,1H3. The van der Waals surface area contributed by atoms with Crippen LogP contribution in [-0.4, -0.2) is 18.0 Å². The van der Waals surface area contributed by atoms with Crippen molar-refractivity contribution in [1.29, 1.82) is 0 Å². The number of ketones is 1. The molecule has 0 bridgehead atoms. The first-order chi connectivity index (χ1) is 11.2. The van der Waals surface area contributed by atoms with E-state index in [1.54, 1.807) is 7.11 Å². The summed E-state index contributed by atoms with van der Waals surface area (Å²) in [6.07, 6.45) is 0.945. The molecule has 3 rings (SSSR count). The van der Waals surface area contributed by atoms with Crippen molar-refractivity contribution in [2.75, 3.05) is 7.11 Å². The molecular weight excluding hydrogens is 308 g/mol. The number of ether oxygens (including phenoxy) is 1. The maximum absolute atomic E-state index is 12.5. The highest BCUT2D eigenvalue weighted by Gasteiger charge is 2.29. The van der Waals surface area contributed by atoms with E-state index in [-0.39, 0.29) is 17.5 Å². The summed E-state index contributed by atoms with van der Waals surface area (Å²) in [5.41, 5.74) is 1.10. The minimum atomic E-state index is 0.00317. The van der Waals surface area contributed by atoms with E-state index in [9.17, 15) is 9.90 Å². The predicted octanol–water partition coefficient (Wildman–Crippen LogP) is 4.70. The lowest BCUT2D eigenvalue weighted by molar-refractivity contribution is -0.115. The number of hydrogen-bond acceptors (Lipinski definition) is 4. The number of aliphatic hydroxyl groups excluding tert-OH is 1. The quantitative estimate of drug-likeness (QED) is 0.884. The molecule has 0 saturated heterocycles. The Kier molecular flexibility index (Phi) is 4.72. The number of thioether (sulfide) groups is 1. The van der Waals surface area contributed by atoms with Crippen LogP contribution in [0, 0.1) is 0 Å². The third-order valence-electron chi connectivity index (χ3n) is 3.94. The van der Waals surface area contributed by atoms with Crippen molar-refractivity contribution in [2.45, 2.75) is 23.7 Å². The summed E-state index contributed by atoms with van der Waals surface area (Å²) in [6.45, 7) is 0. The van der Waals surface area contributed by atoms with E-state index >= 15 is 0 Å². The summed E-state index contributed by atoms with van der Waals surface area (Å²) >= 11 is 1.32. The fourth-order valence-corrected chi connectivity index (χ4v) is 3.62. The van der Waals surface area contributed by atoms with Crippen molar-refractivity contribution in [2.24, 2.45) is 0 Å². The van der Waals surface area contributed by atoms with E-state index in [0.717, 1.165) is 16.2 Å². The molecule has 0 spiro atoms. The molecular formula is C19H18O3S. The topological polar surface area (TPSA) is 46.5 Å². The lowest BCUT2D eigenvalue weighted by Crippen LogP contribution is -2.16. The largest absolute Gasteiger partial charge is 0.511 e. The molecule has 2 aromatic carbocycles. The van der Waals surface area contributed by atoms with Gasteiger partial charge in [-0.05, 0) is 35.7 Å². The zero-order valence-corrected chi connectivity index (χ0v) is 13.7. The van der Waals surface area contributed by atoms with Gasteiger partial charge < -0.3 is 9.84 Å². The average Bonchev–Trinajstić information content (AvgIpc) is 2.59. The predicted molar refractivity (Wildman–Crippen MR) is 91.9 cm³/mol. The minimum Gasteiger partial charge on any atom is -0.511 e. The van der Waals surface area contributed by atoms with Crippen LogP contribution in [0.5, 0.6) is 5.75 Å². The van der Waals surface area contributed by atoms with Gasteiger partial charge >= 0.3 is 0 Å². The lowest BCUT2D eigenvalue weighted by Gasteiger charge is -2.23. The third-order valence-corrected chi connectivity index (χ3v) is 5.11. The van der Waals surface area contributed by atoms with Crippen LogP contribution in [0.4, 0.5) is 0 Å². The van der Waals surface area contributed by atoms with Gasteiger partial charge in [0.15, 0.2) is 5.78 Å². The summed E-state index contributed by atoms with van der Waals surface area (Å²) in [5, 5.41) is 10.3. The molecule has 118 valence electrons. The molecule has 4 heteroatoms. The Morgan fingerprint density at radius 2 is 1.74 bits per heavy atom. The van der Waals surface area contributed by atoms with Crippen molar-refractivity contribution in [3.8, 4) is 5.75 Å². The Labute approximate surface area is 140 Å². The van der Waals surface area contributed by atoms with Crippen molar-refractivity contribution in [3.63, 3.8) is 0 Å². The number of benzene rings is 2. The van der Waals surface area contributed by atoms with E-state index in [2.05, 4.69) is 0 Å². The van der Waals surface area contributed by atoms with Crippen LogP contribution in [-0.2, 0) is 4.79 Å². The zero-order chi connectivity index (χ0) is 16.2. The fourth-order valence-electron chi connectivity index (χ4n) is 2.71. The molecule has 3 nitrogen and oxygen atoms in total. The zero-order valence-electron chi connectivity index (χ0n) is 12.9. The summed E-state index contributed by atoms with van der Waals surface area (Å²) < 4.78 is 5.13. The summed E-state index contributed by atoms with van der Waals surface area (Å²) in [7, 11) is 1.62. The summed E-state index contributed by atoms with van der Waals surface area (Å²) in [6, 6.07) is 17.4. The van der Waals surface area contributed by atoms with Gasteiger partial charge in [0.2, 0.25) is 0 Å². The second kappa shape index (κ2) is 6.92. The highest BCUT2D eigenvalue weighted by molar-refractivity contribution is 8.04. The Morgan fingerprint density at radius 3 is 2.35 bits per heavy atom. The smallest absolute Gasteiger partial charge is 0.173 e. The van der Waals surface area contributed by atoms with Crippen molar-refractivity contribution >= 4 is 17.5 Å². The first-order valence-electron chi connectivity index (χ1n) is 7.49. The molecule has 1 unspecified atom stereocenters. The maximum Gasteiger partial charge on any atom is 0.173 e. The average molecular weight is 326 g/mol. The van der Waals surface area contributed by atoms with Crippen LogP contribution in [0.25, 0.3) is 0 Å². The molecule has 1 aliphatic rings. The summed E-state index contributed by atoms with van der Waals surface area (Å²) in [5.74, 6) is 1.02. The number of allylic oxidation sites excluding steroid dienone is 2. The van der Waals surface area contributed by atoms with E-state index < -0.39 is 0 Å². The highest BCUT2D eigenvalue weighted by atomic mass is 32.2. The normalized spacial score (nSPS) is 18.1. The first-order valence-corrected chi connectivity index (χ1v) is 8.31. The van der Waals surface area contributed by atoms with Crippen LogP contribution in [0.3, 0.4) is 0 Å². The molecule has 1 N–H and O–H groups in total. The number of hydrogen-bond donors (Lipinski definition) is 1. The number of Topliss-reactive ketones (excluding diaryl/α,β-unsaturated/α-hetero) is 1. The van der Waals surface area contributed by atoms with Crippen LogP contribution in [0.15, 0.2) is 70.2 Å². The van der Waals surface area contributed by atoms with Crippen LogP contribution < -0.4 is 4.74 Å². The molecule has 0 saturated carbocycles. The monoisotopic (exact) mass is 326 g/mol. The number of rotatable bonds is 4. The van der Waals surface area contributed by atoms with E-state index in [4.69, 9.17) is 4.74 Å². The Bertz CT molecular complexity index is 720. The fraction of sp³-hybridized carbons (Fsp3) is 0.211. The number of methoxy groups -OCH3 is 1. The van der Waals surface area contributed by atoms with E-state index in [1.807, 2.05) is 54.6 Å². The molecule has 0 radical (unpaired) electrons. The second-order valence-corrected chi connectivity index (χ2v) is 6.58. The molecule has 0 heterocycles.